The highest BCUT2D eigenvalue weighted by Gasteiger charge is 2.32. The number of carbonyl (C=O) groups is 2. The van der Waals surface area contributed by atoms with Gasteiger partial charge in [-0.05, 0) is 42.5 Å². The van der Waals surface area contributed by atoms with Crippen molar-refractivity contribution < 1.29 is 19.1 Å². The molecule has 0 spiro atoms. The van der Waals surface area contributed by atoms with Gasteiger partial charge in [0.05, 0.1) is 0 Å². The fourth-order valence-corrected chi connectivity index (χ4v) is 4.48. The zero-order valence-corrected chi connectivity index (χ0v) is 16.4. The SMILES string of the molecule is Cc1c(C(=O)OCCOc2ccccc2)[nH]c2c1C(=O)C[C@H](c1cccs1)C2. The van der Waals surface area contributed by atoms with Crippen LogP contribution in [0.4, 0.5) is 0 Å². The van der Waals surface area contributed by atoms with Gasteiger partial charge in [0.2, 0.25) is 0 Å². The number of aromatic amines is 1. The summed E-state index contributed by atoms with van der Waals surface area (Å²) < 4.78 is 10.9. The Bertz CT molecular complexity index is 976. The van der Waals surface area contributed by atoms with Gasteiger partial charge in [-0.1, -0.05) is 24.3 Å². The number of fused-ring (bicyclic) bond motifs is 1. The van der Waals surface area contributed by atoms with Crippen LogP contribution >= 0.6 is 11.3 Å². The monoisotopic (exact) mass is 395 g/mol. The summed E-state index contributed by atoms with van der Waals surface area (Å²) in [7, 11) is 0. The molecule has 0 fully saturated rings. The van der Waals surface area contributed by atoms with Crippen LogP contribution in [-0.2, 0) is 11.2 Å². The fourth-order valence-electron chi connectivity index (χ4n) is 3.65. The maximum Gasteiger partial charge on any atom is 0.355 e. The molecule has 0 unspecified atom stereocenters. The number of nitrogens with one attached hydrogen (secondary N) is 1. The minimum absolute atomic E-state index is 0.0832. The van der Waals surface area contributed by atoms with Gasteiger partial charge in [-0.3, -0.25) is 4.79 Å². The van der Waals surface area contributed by atoms with Crippen LogP contribution in [0, 0.1) is 6.92 Å². The van der Waals surface area contributed by atoms with E-state index in [4.69, 9.17) is 9.47 Å². The number of carbonyl (C=O) groups excluding carboxylic acids is 2. The molecule has 0 saturated carbocycles. The summed E-state index contributed by atoms with van der Waals surface area (Å²) in [4.78, 5) is 29.5. The average molecular weight is 395 g/mol. The summed E-state index contributed by atoms with van der Waals surface area (Å²) in [6.45, 7) is 2.22. The molecule has 1 aliphatic rings. The second-order valence-electron chi connectivity index (χ2n) is 6.82. The van der Waals surface area contributed by atoms with E-state index in [2.05, 4.69) is 11.1 Å². The van der Waals surface area contributed by atoms with Crippen molar-refractivity contribution in [1.29, 1.82) is 0 Å². The fraction of sp³-hybridized carbons (Fsp3) is 0.273. The van der Waals surface area contributed by atoms with E-state index in [9.17, 15) is 9.59 Å². The maximum absolute atomic E-state index is 12.7. The third-order valence-corrected chi connectivity index (χ3v) is 6.00. The number of hydrogen-bond donors (Lipinski definition) is 1. The van der Waals surface area contributed by atoms with E-state index in [-0.39, 0.29) is 24.9 Å². The zero-order chi connectivity index (χ0) is 19.5. The number of thiophene rings is 1. The lowest BCUT2D eigenvalue weighted by Gasteiger charge is -2.20. The Morgan fingerprint density at radius 1 is 1.14 bits per heavy atom. The standard InChI is InChI=1S/C22H21NO4S/c1-14-20-17(12-15(13-18(20)24)19-8-5-11-28-19)23-21(14)22(25)27-10-9-26-16-6-3-2-4-7-16/h2-8,11,15,23H,9-10,12-13H2,1H3/t15-/m1/s1. The van der Waals surface area contributed by atoms with Crippen LogP contribution in [0.25, 0.3) is 0 Å². The average Bonchev–Trinajstić information content (AvgIpc) is 3.34. The third-order valence-electron chi connectivity index (χ3n) is 4.97. The van der Waals surface area contributed by atoms with Crippen LogP contribution in [0.3, 0.4) is 0 Å². The molecule has 0 bridgehead atoms. The van der Waals surface area contributed by atoms with Crippen LogP contribution in [0.5, 0.6) is 5.75 Å². The zero-order valence-electron chi connectivity index (χ0n) is 15.6. The first-order valence-corrected chi connectivity index (χ1v) is 10.1. The lowest BCUT2D eigenvalue weighted by molar-refractivity contribution is 0.0443. The van der Waals surface area contributed by atoms with Crippen LogP contribution in [0.15, 0.2) is 47.8 Å². The van der Waals surface area contributed by atoms with E-state index < -0.39 is 5.97 Å². The van der Waals surface area contributed by atoms with Gasteiger partial charge in [-0.15, -0.1) is 11.3 Å². The van der Waals surface area contributed by atoms with Crippen LogP contribution < -0.4 is 4.74 Å². The van der Waals surface area contributed by atoms with Crippen molar-refractivity contribution >= 4 is 23.1 Å². The number of esters is 1. The predicted molar refractivity (Wildman–Crippen MR) is 107 cm³/mol. The summed E-state index contributed by atoms with van der Waals surface area (Å²) in [6.07, 6.45) is 1.21. The van der Waals surface area contributed by atoms with E-state index in [1.54, 1.807) is 18.3 Å². The van der Waals surface area contributed by atoms with Gasteiger partial charge >= 0.3 is 5.97 Å². The van der Waals surface area contributed by atoms with E-state index in [0.717, 1.165) is 17.9 Å². The normalized spacial score (nSPS) is 15.9. The van der Waals surface area contributed by atoms with Crippen molar-refractivity contribution in [3.05, 3.63) is 75.2 Å². The third kappa shape index (κ3) is 3.73. The summed E-state index contributed by atoms with van der Waals surface area (Å²) in [5, 5.41) is 2.02. The smallest absolute Gasteiger partial charge is 0.355 e. The summed E-state index contributed by atoms with van der Waals surface area (Å²) in [5.74, 6) is 0.528. The van der Waals surface area contributed by atoms with E-state index in [1.807, 2.05) is 41.8 Å². The molecule has 1 N–H and O–H groups in total. The van der Waals surface area contributed by atoms with Gasteiger partial charge in [0.1, 0.15) is 24.7 Å². The second-order valence-corrected chi connectivity index (χ2v) is 7.80. The van der Waals surface area contributed by atoms with Gasteiger partial charge in [0, 0.05) is 28.5 Å². The van der Waals surface area contributed by atoms with Crippen molar-refractivity contribution in [3.8, 4) is 5.75 Å². The molecule has 0 saturated heterocycles. The number of ketones is 1. The van der Waals surface area contributed by atoms with Gasteiger partial charge < -0.3 is 14.5 Å². The molecule has 0 amide bonds. The van der Waals surface area contributed by atoms with Crippen LogP contribution in [0.1, 0.15) is 49.3 Å². The van der Waals surface area contributed by atoms with E-state index in [0.29, 0.717) is 23.2 Å². The van der Waals surface area contributed by atoms with E-state index in [1.165, 1.54) is 4.88 Å². The molecule has 5 nitrogen and oxygen atoms in total. The molecule has 28 heavy (non-hydrogen) atoms. The molecule has 4 rings (SSSR count). The molecule has 0 aliphatic heterocycles. The summed E-state index contributed by atoms with van der Waals surface area (Å²) >= 11 is 1.66. The lowest BCUT2D eigenvalue weighted by Crippen LogP contribution is -2.17. The topological polar surface area (TPSA) is 68.4 Å². The maximum atomic E-state index is 12.7. The molecule has 144 valence electrons. The molecular weight excluding hydrogens is 374 g/mol. The number of benzene rings is 1. The molecule has 2 heterocycles. The highest BCUT2D eigenvalue weighted by Crippen LogP contribution is 2.36. The Morgan fingerprint density at radius 3 is 2.71 bits per heavy atom. The Kier molecular flexibility index (Phi) is 5.30. The minimum atomic E-state index is -0.455. The Balaban J connectivity index is 1.41. The van der Waals surface area contributed by atoms with Crippen molar-refractivity contribution in [2.75, 3.05) is 13.2 Å². The number of rotatable bonds is 6. The first-order valence-electron chi connectivity index (χ1n) is 9.26. The lowest BCUT2D eigenvalue weighted by atomic mass is 9.84. The minimum Gasteiger partial charge on any atom is -0.490 e. The molecule has 3 aromatic rings. The first-order chi connectivity index (χ1) is 13.6. The Labute approximate surface area is 167 Å². The van der Waals surface area contributed by atoms with Crippen LogP contribution in [0.2, 0.25) is 0 Å². The van der Waals surface area contributed by atoms with Crippen molar-refractivity contribution in [2.45, 2.75) is 25.7 Å². The van der Waals surface area contributed by atoms with Gasteiger partial charge in [-0.2, -0.15) is 0 Å². The predicted octanol–water partition coefficient (Wildman–Crippen LogP) is 4.53. The second kappa shape index (κ2) is 8.02. The molecule has 2 aromatic heterocycles. The number of aromatic nitrogens is 1. The largest absolute Gasteiger partial charge is 0.490 e. The van der Waals surface area contributed by atoms with Gasteiger partial charge in [0.15, 0.2) is 5.78 Å². The van der Waals surface area contributed by atoms with Crippen LogP contribution in [-0.4, -0.2) is 30.0 Å². The van der Waals surface area contributed by atoms with Gasteiger partial charge in [0.25, 0.3) is 0 Å². The highest BCUT2D eigenvalue weighted by molar-refractivity contribution is 7.10. The molecular formula is C22H21NO4S. The summed E-state index contributed by atoms with van der Waals surface area (Å²) in [5.41, 5.74) is 2.53. The quantitative estimate of drug-likeness (QED) is 0.492. The molecule has 1 aliphatic carbocycles. The molecule has 1 aromatic carbocycles. The Hall–Kier alpha value is -2.86. The molecule has 1 atom stereocenters. The summed E-state index contributed by atoms with van der Waals surface area (Å²) in [6, 6.07) is 13.4. The highest BCUT2D eigenvalue weighted by atomic mass is 32.1. The number of Topliss-reactive ketones (excluding diaryl/α,β-unsaturated/α-hetero) is 1. The van der Waals surface area contributed by atoms with Crippen molar-refractivity contribution in [3.63, 3.8) is 0 Å². The van der Waals surface area contributed by atoms with Crippen molar-refractivity contribution in [1.82, 2.24) is 4.98 Å². The first kappa shape index (κ1) is 18.5. The molecule has 6 heteroatoms. The molecule has 0 radical (unpaired) electrons. The number of hydrogen-bond acceptors (Lipinski definition) is 5. The van der Waals surface area contributed by atoms with Crippen molar-refractivity contribution in [2.24, 2.45) is 0 Å². The Morgan fingerprint density at radius 2 is 1.96 bits per heavy atom. The number of ether oxygens (including phenoxy) is 2. The van der Waals surface area contributed by atoms with Gasteiger partial charge in [-0.25, -0.2) is 4.79 Å². The number of para-hydroxylation sites is 1. The van der Waals surface area contributed by atoms with E-state index >= 15 is 0 Å². The number of H-pyrrole nitrogens is 1.